The molecule has 8 N–H and O–H groups in total. The number of primary sulfonamides is 3. The molecule has 20 nitrogen and oxygen atoms in total. The summed E-state index contributed by atoms with van der Waals surface area (Å²) >= 11 is 0. The highest BCUT2D eigenvalue weighted by atomic mass is 32.2. The molecule has 0 aromatic heterocycles. The van der Waals surface area contributed by atoms with Crippen LogP contribution in [0.15, 0.2) is 178 Å². The molecule has 1 unspecified atom stereocenters. The summed E-state index contributed by atoms with van der Waals surface area (Å²) < 4.78 is 116. The SMILES string of the molecule is NS(=O)(=O)c1c2c(c(S(N)(=O)=O)c3ccccc13)C1(S(N)(=O)=O)N=C3N=C(N=C4N=C(c5cc6ccccc6cc54)N(S(N)(=O)=O)C4=NC(=NC2=N1)c1cc2ccccc2cc14)c1cc2ccccc2cc13. The lowest BCUT2D eigenvalue weighted by Crippen LogP contribution is -2.45. The van der Waals surface area contributed by atoms with E-state index >= 15 is 0 Å². The minimum absolute atomic E-state index is 0.0507. The first-order valence-electron chi connectivity index (χ1n) is 21.4. The number of aliphatic imine (C=N–C) groups is 7. The average molecular weight is 1030 g/mol. The summed E-state index contributed by atoms with van der Waals surface area (Å²) in [6.45, 7) is 0. The van der Waals surface area contributed by atoms with Crippen LogP contribution in [0.1, 0.15) is 44.5 Å². The maximum absolute atomic E-state index is 14.8. The van der Waals surface area contributed by atoms with E-state index in [2.05, 4.69) is 4.99 Å². The monoisotopic (exact) mass is 1030 g/mol. The fourth-order valence-electron chi connectivity index (χ4n) is 10.0. The van der Waals surface area contributed by atoms with Gasteiger partial charge < -0.3 is 0 Å². The zero-order chi connectivity index (χ0) is 50.0. The van der Waals surface area contributed by atoms with Crippen LogP contribution < -0.4 is 20.6 Å². The number of amidine groups is 7. The van der Waals surface area contributed by atoms with Gasteiger partial charge in [-0.15, -0.1) is 0 Å². The zero-order valence-corrected chi connectivity index (χ0v) is 39.8. The van der Waals surface area contributed by atoms with Crippen LogP contribution in [0.2, 0.25) is 0 Å². The molecule has 0 saturated carbocycles. The Bertz CT molecular complexity index is 4700. The fourth-order valence-corrected chi connectivity index (χ4v) is 13.7. The van der Waals surface area contributed by atoms with Crippen LogP contribution in [0.5, 0.6) is 0 Å². The molecule has 8 aromatic carbocycles. The molecule has 0 fully saturated rings. The van der Waals surface area contributed by atoms with Gasteiger partial charge in [-0.05, 0) is 68.7 Å². The topological polar surface area (TPSA) is 330 Å². The number of nitrogens with zero attached hydrogens (tertiary/aromatic N) is 8. The van der Waals surface area contributed by atoms with Gasteiger partial charge in [-0.3, -0.25) is 0 Å². The molecule has 5 aliphatic heterocycles. The van der Waals surface area contributed by atoms with Gasteiger partial charge in [0, 0.05) is 49.7 Å². The molecule has 13 rings (SSSR count). The maximum Gasteiger partial charge on any atom is 0.305 e. The summed E-state index contributed by atoms with van der Waals surface area (Å²) in [5.41, 5.74) is -0.397. The summed E-state index contributed by atoms with van der Waals surface area (Å²) in [5.74, 6) is -2.30. The van der Waals surface area contributed by atoms with E-state index in [1.54, 1.807) is 78.9 Å². The summed E-state index contributed by atoms with van der Waals surface area (Å²) in [5, 5.41) is 27.8. The number of hydrogen-bond acceptors (Lipinski definition) is 15. The minimum atomic E-state index is -5.48. The predicted molar refractivity (Wildman–Crippen MR) is 274 cm³/mol. The maximum atomic E-state index is 14.8. The smallest absolute Gasteiger partial charge is 0.225 e. The molecule has 72 heavy (non-hydrogen) atoms. The molecule has 0 spiro atoms. The Morgan fingerprint density at radius 2 is 0.722 bits per heavy atom. The van der Waals surface area contributed by atoms with E-state index in [1.807, 2.05) is 30.3 Å². The lowest BCUT2D eigenvalue weighted by atomic mass is 9.98. The van der Waals surface area contributed by atoms with E-state index in [-0.39, 0.29) is 67.8 Å². The van der Waals surface area contributed by atoms with Crippen molar-refractivity contribution in [1.29, 1.82) is 0 Å². The van der Waals surface area contributed by atoms with Crippen molar-refractivity contribution in [3.63, 3.8) is 0 Å². The third kappa shape index (κ3) is 6.31. The quantitative estimate of drug-likeness (QED) is 0.200. The zero-order valence-electron chi connectivity index (χ0n) is 36.5. The van der Waals surface area contributed by atoms with Crippen LogP contribution in [-0.2, 0) is 45.3 Å². The van der Waals surface area contributed by atoms with Gasteiger partial charge in [0.15, 0.2) is 40.8 Å². The molecule has 1 atom stereocenters. The van der Waals surface area contributed by atoms with Crippen LogP contribution in [-0.4, -0.2) is 78.8 Å². The van der Waals surface area contributed by atoms with Crippen LogP contribution in [0.25, 0.3) is 43.1 Å². The van der Waals surface area contributed by atoms with Crippen molar-refractivity contribution >= 4 is 124 Å². The number of fused-ring (bicyclic) bond motifs is 20. The highest BCUT2D eigenvalue weighted by molar-refractivity contribution is 7.91. The van der Waals surface area contributed by atoms with Crippen molar-refractivity contribution in [2.45, 2.75) is 14.8 Å². The van der Waals surface area contributed by atoms with Crippen molar-refractivity contribution in [2.75, 3.05) is 0 Å². The van der Waals surface area contributed by atoms with Crippen LogP contribution in [0.4, 0.5) is 0 Å². The molecule has 8 bridgehead atoms. The fraction of sp³-hybridized carbons (Fsp3) is 0.0208. The lowest BCUT2D eigenvalue weighted by molar-refractivity contribution is 0.538. The Morgan fingerprint density at radius 3 is 1.14 bits per heavy atom. The standard InChI is InChI=1S/C48H30N12O8S4/c49-69(61,62)39-29-15-7-8-16-30(29)40(70(50,63)64)38-37(39)45-55-43-34-20-26-12-4-6-14-28(26)22-36(34)47(57-43)60(72(52,67)68)46-35-21-27-13-5-3-11-25(27)19-33(35)42(56-46)53-41-31-17-23-9-1-2-10-24(23)18-32(31)44(54-41)58-48(38,59-45)71(51,65)66/h1-22H,(H2,49,61,62)(H2,50,63,64)(H2,51,65,66)(H2,52,67,68). The predicted octanol–water partition coefficient (Wildman–Crippen LogP) is 3.89. The molecule has 354 valence electrons. The number of benzene rings is 8. The third-order valence-corrected chi connectivity index (χ3v) is 17.0. The largest absolute Gasteiger partial charge is 0.305 e. The van der Waals surface area contributed by atoms with Crippen LogP contribution in [0, 0.1) is 0 Å². The normalized spacial score (nSPS) is 18.2. The van der Waals surface area contributed by atoms with Gasteiger partial charge in [-0.2, -0.15) is 12.7 Å². The number of nitrogens with two attached hydrogens (primary N) is 4. The van der Waals surface area contributed by atoms with Gasteiger partial charge in [0.05, 0.1) is 10.5 Å². The molecule has 5 aliphatic rings. The molecular formula is C48H30N12O8S4. The number of hydrogen-bond donors (Lipinski definition) is 4. The van der Waals surface area contributed by atoms with E-state index in [0.29, 0.717) is 32.5 Å². The van der Waals surface area contributed by atoms with Crippen molar-refractivity contribution in [3.8, 4) is 0 Å². The van der Waals surface area contributed by atoms with Crippen molar-refractivity contribution < 1.29 is 33.7 Å². The first kappa shape index (κ1) is 43.9. The number of rotatable bonds is 4. The number of sulfonamides is 3. The minimum Gasteiger partial charge on any atom is -0.225 e. The van der Waals surface area contributed by atoms with Gasteiger partial charge >= 0.3 is 10.2 Å². The third-order valence-electron chi connectivity index (χ3n) is 13.0. The molecular weight excluding hydrogens is 1000 g/mol. The molecule has 0 aliphatic carbocycles. The highest BCUT2D eigenvalue weighted by Crippen LogP contribution is 2.50. The molecule has 0 saturated heterocycles. The summed E-state index contributed by atoms with van der Waals surface area (Å²) in [7, 11) is -20.6. The van der Waals surface area contributed by atoms with Crippen molar-refractivity contribution in [3.05, 3.63) is 178 Å². The summed E-state index contributed by atoms with van der Waals surface area (Å²) in [4.78, 5) is 28.4. The van der Waals surface area contributed by atoms with Gasteiger partial charge in [0.2, 0.25) is 20.0 Å². The van der Waals surface area contributed by atoms with E-state index in [4.69, 9.17) is 50.5 Å². The second-order valence-corrected chi connectivity index (χ2v) is 23.3. The molecule has 5 heterocycles. The van der Waals surface area contributed by atoms with Gasteiger partial charge in [-0.1, -0.05) is 97.1 Å². The Hall–Kier alpha value is -8.07. The van der Waals surface area contributed by atoms with Crippen molar-refractivity contribution in [2.24, 2.45) is 55.5 Å². The van der Waals surface area contributed by atoms with Gasteiger partial charge in [0.25, 0.3) is 15.0 Å². The van der Waals surface area contributed by atoms with E-state index < -0.39 is 77.9 Å². The average Bonchev–Trinajstić information content (AvgIpc) is 4.04. The molecule has 0 radical (unpaired) electrons. The van der Waals surface area contributed by atoms with E-state index in [1.165, 1.54) is 24.3 Å². The Labute approximate surface area is 408 Å². The molecule has 8 aromatic rings. The van der Waals surface area contributed by atoms with E-state index in [0.717, 1.165) is 9.69 Å². The van der Waals surface area contributed by atoms with Gasteiger partial charge in [0.1, 0.15) is 4.90 Å². The summed E-state index contributed by atoms with van der Waals surface area (Å²) in [6.07, 6.45) is 0. The lowest BCUT2D eigenvalue weighted by Gasteiger charge is -2.25. The molecule has 24 heteroatoms. The first-order chi connectivity index (χ1) is 34.2. The second-order valence-electron chi connectivity index (χ2n) is 17.3. The highest BCUT2D eigenvalue weighted by Gasteiger charge is 2.56. The van der Waals surface area contributed by atoms with Crippen LogP contribution >= 0.6 is 0 Å². The first-order valence-corrected chi connectivity index (χ1v) is 27.6. The Kier molecular flexibility index (Phi) is 8.86. The van der Waals surface area contributed by atoms with E-state index in [9.17, 15) is 33.7 Å². The second kappa shape index (κ2) is 14.5. The van der Waals surface area contributed by atoms with Gasteiger partial charge in [-0.25, -0.2) is 80.8 Å². The Morgan fingerprint density at radius 1 is 0.389 bits per heavy atom. The Balaban J connectivity index is 1.26. The summed E-state index contributed by atoms with van der Waals surface area (Å²) in [6, 6.07) is 36.9. The van der Waals surface area contributed by atoms with Crippen molar-refractivity contribution in [1.82, 2.24) is 4.31 Å². The molecule has 0 amide bonds. The van der Waals surface area contributed by atoms with Crippen LogP contribution in [0.3, 0.4) is 0 Å².